The molecule has 2 heterocycles. The molecular weight excluding hydrogens is 232 g/mol. The van der Waals surface area contributed by atoms with Gasteiger partial charge in [0.25, 0.3) is 0 Å². The Labute approximate surface area is 103 Å². The van der Waals surface area contributed by atoms with Crippen LogP contribution >= 0.6 is 0 Å². The van der Waals surface area contributed by atoms with Crippen molar-refractivity contribution in [1.82, 2.24) is 10.6 Å². The summed E-state index contributed by atoms with van der Waals surface area (Å²) in [5.74, 6) is 0.941. The molecule has 1 aromatic carbocycles. The monoisotopic (exact) mass is 244 g/mol. The smallest absolute Gasteiger partial charge is 0.240 e. The van der Waals surface area contributed by atoms with Crippen molar-refractivity contribution in [3.63, 3.8) is 0 Å². The molecule has 1 aromatic heterocycles. The Morgan fingerprint density at radius 1 is 1.39 bits per heavy atom. The molecule has 1 saturated heterocycles. The Hall–Kier alpha value is -2.50. The third-order valence-electron chi connectivity index (χ3n) is 2.81. The van der Waals surface area contributed by atoms with E-state index in [0.29, 0.717) is 24.5 Å². The maximum atomic E-state index is 11.3. The molecule has 1 amide bonds. The number of rotatable bonds is 2. The largest absolute Gasteiger partial charge is 0.381 e. The van der Waals surface area contributed by atoms with E-state index < -0.39 is 0 Å². The Kier molecular flexibility index (Phi) is 2.40. The average Bonchev–Trinajstić information content (AvgIpc) is 2.98. The van der Waals surface area contributed by atoms with E-state index in [-0.39, 0.29) is 5.91 Å². The molecule has 0 aliphatic carbocycles. The van der Waals surface area contributed by atoms with Gasteiger partial charge in [0.15, 0.2) is 11.6 Å². The van der Waals surface area contributed by atoms with Crippen LogP contribution in [-0.4, -0.2) is 17.6 Å². The molecule has 3 rings (SSSR count). The number of hydrazine groups is 1. The van der Waals surface area contributed by atoms with E-state index in [2.05, 4.69) is 10.6 Å². The number of hydrogen-bond acceptors (Lipinski definition) is 5. The van der Waals surface area contributed by atoms with Crippen LogP contribution < -0.4 is 16.2 Å². The number of anilines is 2. The number of hydrogen-bond donors (Lipinski definition) is 2. The van der Waals surface area contributed by atoms with Gasteiger partial charge in [-0.3, -0.25) is 15.2 Å². The number of benzene rings is 1. The highest BCUT2D eigenvalue weighted by Gasteiger charge is 2.22. The summed E-state index contributed by atoms with van der Waals surface area (Å²) in [5, 5.41) is 5.47. The third-order valence-corrected chi connectivity index (χ3v) is 2.81. The number of carbonyl (C=O) groups excluding carboxylic acids is 1. The molecule has 3 N–H and O–H groups in total. The van der Waals surface area contributed by atoms with Crippen molar-refractivity contribution in [1.29, 1.82) is 0 Å². The Bertz CT molecular complexity index is 593. The second-order valence-electron chi connectivity index (χ2n) is 4.07. The van der Waals surface area contributed by atoms with Crippen LogP contribution in [0.1, 0.15) is 6.42 Å². The lowest BCUT2D eigenvalue weighted by Gasteiger charge is -2.19. The van der Waals surface area contributed by atoms with Crippen LogP contribution in [0.15, 0.2) is 34.9 Å². The van der Waals surface area contributed by atoms with Gasteiger partial charge in [0.05, 0.1) is 5.69 Å². The molecule has 0 atom stereocenters. The SMILES string of the molecule is Nc1cc(-c2ccccc2N2CCC(=O)N2)on1. The van der Waals surface area contributed by atoms with Crippen molar-refractivity contribution in [2.45, 2.75) is 6.42 Å². The second kappa shape index (κ2) is 4.06. The van der Waals surface area contributed by atoms with Crippen LogP contribution in [0.2, 0.25) is 0 Å². The summed E-state index contributed by atoms with van der Waals surface area (Å²) in [6.45, 7) is 0.638. The first-order valence-corrected chi connectivity index (χ1v) is 5.62. The van der Waals surface area contributed by atoms with Crippen LogP contribution in [0.5, 0.6) is 0 Å². The molecule has 18 heavy (non-hydrogen) atoms. The lowest BCUT2D eigenvalue weighted by molar-refractivity contribution is -0.119. The summed E-state index contributed by atoms with van der Waals surface area (Å²) in [4.78, 5) is 11.3. The number of aromatic nitrogens is 1. The predicted molar refractivity (Wildman–Crippen MR) is 66.5 cm³/mol. The molecule has 2 aromatic rings. The molecule has 1 aliphatic heterocycles. The van der Waals surface area contributed by atoms with Gasteiger partial charge in [0.2, 0.25) is 5.91 Å². The highest BCUT2D eigenvalue weighted by Crippen LogP contribution is 2.31. The molecular formula is C12H12N4O2. The summed E-state index contributed by atoms with van der Waals surface area (Å²) in [6, 6.07) is 9.29. The van der Waals surface area contributed by atoms with Gasteiger partial charge in [-0.15, -0.1) is 0 Å². The number of nitrogens with zero attached hydrogens (tertiary/aromatic N) is 2. The van der Waals surface area contributed by atoms with Gasteiger partial charge in [-0.2, -0.15) is 0 Å². The van der Waals surface area contributed by atoms with Crippen molar-refractivity contribution >= 4 is 17.4 Å². The van der Waals surface area contributed by atoms with Crippen LogP contribution in [0.25, 0.3) is 11.3 Å². The number of amides is 1. The van der Waals surface area contributed by atoms with Gasteiger partial charge in [-0.1, -0.05) is 17.3 Å². The van der Waals surface area contributed by atoms with Gasteiger partial charge < -0.3 is 10.3 Å². The van der Waals surface area contributed by atoms with Gasteiger partial charge in [-0.25, -0.2) is 0 Å². The van der Waals surface area contributed by atoms with Crippen molar-refractivity contribution in [3.8, 4) is 11.3 Å². The molecule has 1 aliphatic rings. The minimum absolute atomic E-state index is 0.0156. The van der Waals surface area contributed by atoms with E-state index in [1.54, 1.807) is 11.1 Å². The van der Waals surface area contributed by atoms with E-state index in [9.17, 15) is 4.79 Å². The normalized spacial score (nSPS) is 14.9. The van der Waals surface area contributed by atoms with Gasteiger partial charge in [0, 0.05) is 24.6 Å². The maximum absolute atomic E-state index is 11.3. The lowest BCUT2D eigenvalue weighted by atomic mass is 10.1. The maximum Gasteiger partial charge on any atom is 0.240 e. The van der Waals surface area contributed by atoms with Crippen LogP contribution in [0.3, 0.4) is 0 Å². The fourth-order valence-corrected chi connectivity index (χ4v) is 1.99. The fraction of sp³-hybridized carbons (Fsp3) is 0.167. The Morgan fingerprint density at radius 2 is 2.22 bits per heavy atom. The summed E-state index contributed by atoms with van der Waals surface area (Å²) < 4.78 is 5.16. The van der Waals surface area contributed by atoms with Crippen molar-refractivity contribution in [2.75, 3.05) is 17.3 Å². The topological polar surface area (TPSA) is 84.4 Å². The third kappa shape index (κ3) is 1.77. The van der Waals surface area contributed by atoms with Gasteiger partial charge in [-0.05, 0) is 12.1 Å². The molecule has 0 spiro atoms. The second-order valence-corrected chi connectivity index (χ2v) is 4.07. The fourth-order valence-electron chi connectivity index (χ4n) is 1.99. The zero-order valence-corrected chi connectivity index (χ0v) is 9.59. The number of para-hydroxylation sites is 1. The first kappa shape index (κ1) is 10.6. The van der Waals surface area contributed by atoms with Gasteiger partial charge in [0.1, 0.15) is 0 Å². The van der Waals surface area contributed by atoms with E-state index >= 15 is 0 Å². The molecule has 0 unspecified atom stereocenters. The Balaban J connectivity index is 2.02. The molecule has 1 fully saturated rings. The number of nitrogens with two attached hydrogens (primary N) is 1. The van der Waals surface area contributed by atoms with E-state index in [0.717, 1.165) is 11.3 Å². The van der Waals surface area contributed by atoms with E-state index in [1.807, 2.05) is 24.3 Å². The lowest BCUT2D eigenvalue weighted by Crippen LogP contribution is -2.33. The quantitative estimate of drug-likeness (QED) is 0.828. The zero-order chi connectivity index (χ0) is 12.5. The van der Waals surface area contributed by atoms with Crippen LogP contribution in [0.4, 0.5) is 11.5 Å². The highest BCUT2D eigenvalue weighted by molar-refractivity contribution is 5.85. The van der Waals surface area contributed by atoms with Crippen molar-refractivity contribution in [3.05, 3.63) is 30.3 Å². The molecule has 92 valence electrons. The molecule has 0 saturated carbocycles. The number of nitrogen functional groups attached to an aromatic ring is 1. The summed E-state index contributed by atoms with van der Waals surface area (Å²) >= 11 is 0. The van der Waals surface area contributed by atoms with Gasteiger partial charge >= 0.3 is 0 Å². The number of nitrogens with one attached hydrogen (secondary N) is 1. The van der Waals surface area contributed by atoms with Crippen LogP contribution in [-0.2, 0) is 4.79 Å². The van der Waals surface area contributed by atoms with Crippen molar-refractivity contribution < 1.29 is 9.32 Å². The first-order chi connectivity index (χ1) is 8.74. The van der Waals surface area contributed by atoms with E-state index in [4.69, 9.17) is 10.3 Å². The molecule has 6 heteroatoms. The highest BCUT2D eigenvalue weighted by atomic mass is 16.5. The minimum atomic E-state index is 0.0156. The minimum Gasteiger partial charge on any atom is -0.381 e. The summed E-state index contributed by atoms with van der Waals surface area (Å²) in [6.07, 6.45) is 0.493. The molecule has 0 radical (unpaired) electrons. The standard InChI is InChI=1S/C12H12N4O2/c13-11-7-10(18-15-11)8-3-1-2-4-9(8)16-6-5-12(17)14-16/h1-4,7H,5-6H2,(H2,13,15)(H,14,17). The van der Waals surface area contributed by atoms with Crippen molar-refractivity contribution in [2.24, 2.45) is 0 Å². The number of carbonyl (C=O) groups is 1. The summed E-state index contributed by atoms with van der Waals surface area (Å²) in [5.41, 5.74) is 10.1. The predicted octanol–water partition coefficient (Wildman–Crippen LogP) is 1.17. The van der Waals surface area contributed by atoms with Crippen LogP contribution in [0, 0.1) is 0 Å². The average molecular weight is 244 g/mol. The summed E-state index contributed by atoms with van der Waals surface area (Å²) in [7, 11) is 0. The molecule has 6 nitrogen and oxygen atoms in total. The van der Waals surface area contributed by atoms with E-state index in [1.165, 1.54) is 0 Å². The Morgan fingerprint density at radius 3 is 2.89 bits per heavy atom. The first-order valence-electron chi connectivity index (χ1n) is 5.62. The zero-order valence-electron chi connectivity index (χ0n) is 9.59. The molecule has 0 bridgehead atoms.